The molecule has 1 aromatic carbocycles. The second kappa shape index (κ2) is 4.40. The molecule has 8 heteroatoms. The molecule has 0 bridgehead atoms. The molecular weight excluding hydrogens is 266 g/mol. The van der Waals surface area contributed by atoms with Crippen LogP contribution in [-0.2, 0) is 0 Å². The predicted molar refractivity (Wildman–Crippen MR) is 43.0 cm³/mol. The molecule has 0 radical (unpaired) electrons. The maximum absolute atomic E-state index is 12.9. The third-order valence-electron chi connectivity index (χ3n) is 1.38. The average Bonchev–Trinajstić information content (AvgIpc) is 2.18. The molecule has 0 N–H and O–H groups in total. The third kappa shape index (κ3) is 2.26. The van der Waals surface area contributed by atoms with Crippen LogP contribution in [0.1, 0.15) is 0 Å². The molecular formula is C7HCl2F5O. The lowest BCUT2D eigenvalue weighted by molar-refractivity contribution is -0.0547. The molecule has 0 heterocycles. The molecule has 0 saturated heterocycles. The first-order chi connectivity index (χ1) is 6.86. The lowest BCUT2D eigenvalue weighted by Gasteiger charge is -2.09. The Labute approximate surface area is 90.3 Å². The van der Waals surface area contributed by atoms with E-state index in [1.54, 1.807) is 0 Å². The molecule has 0 saturated carbocycles. The first-order valence-electron chi connectivity index (χ1n) is 3.32. The highest BCUT2D eigenvalue weighted by atomic mass is 35.5. The maximum Gasteiger partial charge on any atom is 0.387 e. The second-order valence-corrected chi connectivity index (χ2v) is 3.03. The highest BCUT2D eigenvalue weighted by molar-refractivity contribution is 6.35. The van der Waals surface area contributed by atoms with E-state index in [1.165, 1.54) is 0 Å². The monoisotopic (exact) mass is 266 g/mol. The van der Waals surface area contributed by atoms with Gasteiger partial charge in [-0.3, -0.25) is 0 Å². The summed E-state index contributed by atoms with van der Waals surface area (Å²) < 4.78 is 65.5. The molecule has 1 rings (SSSR count). The Hall–Kier alpha value is -0.750. The van der Waals surface area contributed by atoms with Crippen LogP contribution in [-0.4, -0.2) is 6.61 Å². The van der Waals surface area contributed by atoms with Gasteiger partial charge < -0.3 is 4.74 Å². The number of hydrogen-bond donors (Lipinski definition) is 0. The average molecular weight is 267 g/mol. The smallest absolute Gasteiger partial charge is 0.387 e. The van der Waals surface area contributed by atoms with E-state index in [4.69, 9.17) is 23.2 Å². The zero-order valence-corrected chi connectivity index (χ0v) is 8.14. The van der Waals surface area contributed by atoms with Gasteiger partial charge >= 0.3 is 6.61 Å². The molecule has 0 atom stereocenters. The van der Waals surface area contributed by atoms with Crippen molar-refractivity contribution in [2.75, 3.05) is 0 Å². The molecule has 0 unspecified atom stereocenters. The Kier molecular flexibility index (Phi) is 3.62. The molecule has 1 aromatic rings. The summed E-state index contributed by atoms with van der Waals surface area (Å²) in [5, 5.41) is -2.42. The molecule has 0 spiro atoms. The van der Waals surface area contributed by atoms with Gasteiger partial charge in [0.05, 0.1) is 0 Å². The highest BCUT2D eigenvalue weighted by Gasteiger charge is 2.26. The van der Waals surface area contributed by atoms with Gasteiger partial charge in [-0.2, -0.15) is 8.78 Å². The quantitative estimate of drug-likeness (QED) is 0.447. The summed E-state index contributed by atoms with van der Waals surface area (Å²) in [5.74, 6) is -6.62. The molecule has 0 fully saturated rings. The zero-order chi connectivity index (χ0) is 11.7. The van der Waals surface area contributed by atoms with Crippen molar-refractivity contribution in [3.05, 3.63) is 27.5 Å². The Morgan fingerprint density at radius 1 is 0.867 bits per heavy atom. The van der Waals surface area contributed by atoms with Crippen molar-refractivity contribution in [1.29, 1.82) is 0 Å². The van der Waals surface area contributed by atoms with Gasteiger partial charge in [-0.1, -0.05) is 23.2 Å². The molecule has 1 nitrogen and oxygen atoms in total. The van der Waals surface area contributed by atoms with Gasteiger partial charge in [-0.15, -0.1) is 0 Å². The molecule has 15 heavy (non-hydrogen) atoms. The topological polar surface area (TPSA) is 9.23 Å². The number of benzene rings is 1. The van der Waals surface area contributed by atoms with Gasteiger partial charge in [0.15, 0.2) is 17.5 Å². The Bertz CT molecular complexity index is 366. The van der Waals surface area contributed by atoms with Crippen LogP contribution in [0.15, 0.2) is 0 Å². The second-order valence-electron chi connectivity index (χ2n) is 2.28. The van der Waals surface area contributed by atoms with E-state index in [9.17, 15) is 22.0 Å². The summed E-state index contributed by atoms with van der Waals surface area (Å²) >= 11 is 10.0. The lowest BCUT2D eigenvalue weighted by atomic mass is 10.3. The standard InChI is InChI=1S/C7HCl2F5O/c8-1-3(10)2(9)5(12)6(4(1)11)15-7(13)14/h7H. The number of ether oxygens (including phenoxy) is 1. The van der Waals surface area contributed by atoms with Crippen molar-refractivity contribution < 1.29 is 26.7 Å². The van der Waals surface area contributed by atoms with Crippen LogP contribution in [0.25, 0.3) is 0 Å². The number of hydrogen-bond acceptors (Lipinski definition) is 1. The van der Waals surface area contributed by atoms with Crippen molar-refractivity contribution in [2.45, 2.75) is 6.61 Å². The fourth-order valence-electron chi connectivity index (χ4n) is 0.777. The zero-order valence-electron chi connectivity index (χ0n) is 6.63. The van der Waals surface area contributed by atoms with E-state index in [0.29, 0.717) is 0 Å². The van der Waals surface area contributed by atoms with Crippen molar-refractivity contribution >= 4 is 23.2 Å². The van der Waals surface area contributed by atoms with Gasteiger partial charge in [-0.05, 0) is 0 Å². The van der Waals surface area contributed by atoms with Gasteiger partial charge in [-0.25, -0.2) is 13.2 Å². The molecule has 0 aliphatic carbocycles. The summed E-state index contributed by atoms with van der Waals surface area (Å²) in [6.07, 6.45) is 0. The van der Waals surface area contributed by atoms with Crippen molar-refractivity contribution in [3.63, 3.8) is 0 Å². The van der Waals surface area contributed by atoms with E-state index < -0.39 is 39.9 Å². The van der Waals surface area contributed by atoms with Crippen LogP contribution in [0.2, 0.25) is 10.0 Å². The van der Waals surface area contributed by atoms with E-state index in [1.807, 2.05) is 0 Å². The van der Waals surface area contributed by atoms with Gasteiger partial charge in [0, 0.05) is 0 Å². The molecule has 84 valence electrons. The van der Waals surface area contributed by atoms with Crippen LogP contribution in [0.3, 0.4) is 0 Å². The highest BCUT2D eigenvalue weighted by Crippen LogP contribution is 2.37. The fourth-order valence-corrected chi connectivity index (χ4v) is 1.19. The van der Waals surface area contributed by atoms with E-state index >= 15 is 0 Å². The largest absolute Gasteiger partial charge is 0.428 e. The van der Waals surface area contributed by atoms with E-state index in [2.05, 4.69) is 4.74 Å². The summed E-state index contributed by atoms with van der Waals surface area (Å²) in [5.41, 5.74) is 0. The van der Waals surface area contributed by atoms with Crippen molar-refractivity contribution in [3.8, 4) is 5.75 Å². The van der Waals surface area contributed by atoms with Crippen LogP contribution >= 0.6 is 23.2 Å². The SMILES string of the molecule is Fc1c(Cl)c(F)c(OC(F)F)c(F)c1Cl. The van der Waals surface area contributed by atoms with Gasteiger partial charge in [0.2, 0.25) is 5.75 Å². The van der Waals surface area contributed by atoms with E-state index in [0.717, 1.165) is 0 Å². The lowest BCUT2D eigenvalue weighted by Crippen LogP contribution is -2.07. The fraction of sp³-hybridized carbons (Fsp3) is 0.143. The Morgan fingerprint density at radius 3 is 1.60 bits per heavy atom. The molecule has 0 amide bonds. The van der Waals surface area contributed by atoms with Crippen LogP contribution in [0.4, 0.5) is 22.0 Å². The van der Waals surface area contributed by atoms with Crippen molar-refractivity contribution in [1.82, 2.24) is 0 Å². The first kappa shape index (κ1) is 12.3. The Balaban J connectivity index is 3.39. The summed E-state index contributed by atoms with van der Waals surface area (Å²) in [6.45, 7) is -3.48. The van der Waals surface area contributed by atoms with Crippen LogP contribution in [0.5, 0.6) is 5.75 Å². The minimum atomic E-state index is -3.48. The van der Waals surface area contributed by atoms with Gasteiger partial charge in [0.25, 0.3) is 0 Å². The minimum Gasteiger partial charge on any atom is -0.428 e. The maximum atomic E-state index is 12.9. The van der Waals surface area contributed by atoms with Gasteiger partial charge in [0.1, 0.15) is 10.0 Å². The third-order valence-corrected chi connectivity index (χ3v) is 2.04. The van der Waals surface area contributed by atoms with Crippen LogP contribution < -0.4 is 4.74 Å². The molecule has 0 aliphatic heterocycles. The molecule has 0 aromatic heterocycles. The van der Waals surface area contributed by atoms with Crippen LogP contribution in [0, 0.1) is 17.5 Å². The normalized spacial score (nSPS) is 10.9. The number of rotatable bonds is 2. The summed E-state index contributed by atoms with van der Waals surface area (Å²) in [7, 11) is 0. The number of alkyl halides is 2. The Morgan fingerprint density at radius 2 is 1.27 bits per heavy atom. The van der Waals surface area contributed by atoms with Crippen molar-refractivity contribution in [2.24, 2.45) is 0 Å². The molecule has 0 aliphatic rings. The predicted octanol–water partition coefficient (Wildman–Crippen LogP) is 4.01. The van der Waals surface area contributed by atoms with E-state index in [-0.39, 0.29) is 0 Å². The summed E-state index contributed by atoms with van der Waals surface area (Å²) in [6, 6.07) is 0. The number of halogens is 7. The minimum absolute atomic E-state index is 1.21. The summed E-state index contributed by atoms with van der Waals surface area (Å²) in [4.78, 5) is 0. The first-order valence-corrected chi connectivity index (χ1v) is 4.08.